The van der Waals surface area contributed by atoms with E-state index < -0.39 is 23.5 Å². The number of ether oxygens (including phenoxy) is 4. The number of hydrogen-bond acceptors (Lipinski definition) is 9. The summed E-state index contributed by atoms with van der Waals surface area (Å²) in [5.41, 5.74) is 1.13. The minimum absolute atomic E-state index is 0.129. The van der Waals surface area contributed by atoms with Crippen LogP contribution >= 0.6 is 11.3 Å². The number of ketones is 1. The number of unbranched alkanes of at least 4 members (excludes halogenated alkanes) is 2. The third-order valence-corrected chi connectivity index (χ3v) is 8.41. The van der Waals surface area contributed by atoms with Gasteiger partial charge in [0.1, 0.15) is 24.8 Å². The number of halogens is 1. The number of carbonyl (C=O) groups excluding carboxylic acids is 2. The summed E-state index contributed by atoms with van der Waals surface area (Å²) in [5, 5.41) is 11.8. The Morgan fingerprint density at radius 1 is 1.00 bits per heavy atom. The molecule has 0 bridgehead atoms. The largest absolute Gasteiger partial charge is 0.507 e. The molecule has 1 N–H and O–H groups in total. The summed E-state index contributed by atoms with van der Waals surface area (Å²) in [6, 6.07) is 13.1. The van der Waals surface area contributed by atoms with Gasteiger partial charge in [-0.05, 0) is 67.4 Å². The van der Waals surface area contributed by atoms with E-state index in [1.165, 1.54) is 23.1 Å². The van der Waals surface area contributed by atoms with Crippen LogP contribution in [0.25, 0.3) is 16.0 Å². The van der Waals surface area contributed by atoms with Gasteiger partial charge in [-0.15, -0.1) is 0 Å². The van der Waals surface area contributed by atoms with Crippen molar-refractivity contribution in [1.29, 1.82) is 0 Å². The first-order valence-electron chi connectivity index (χ1n) is 14.6. The molecule has 0 spiro atoms. The number of benzene rings is 3. The molecule has 1 atom stereocenters. The van der Waals surface area contributed by atoms with Crippen LogP contribution in [0.15, 0.2) is 60.2 Å². The second kappa shape index (κ2) is 12.5. The maximum absolute atomic E-state index is 14.0. The van der Waals surface area contributed by atoms with Crippen molar-refractivity contribution in [3.05, 3.63) is 77.1 Å². The number of thiazole rings is 1. The monoisotopic (exact) mass is 618 g/mol. The normalized spacial score (nSPS) is 17.3. The van der Waals surface area contributed by atoms with Gasteiger partial charge in [-0.2, -0.15) is 0 Å². The van der Waals surface area contributed by atoms with Gasteiger partial charge in [0.05, 0.1) is 35.0 Å². The first kappa shape index (κ1) is 29.4. The summed E-state index contributed by atoms with van der Waals surface area (Å²) < 4.78 is 37.7. The Hall–Kier alpha value is -4.64. The maximum Gasteiger partial charge on any atom is 0.301 e. The molecule has 228 valence electrons. The fourth-order valence-electron chi connectivity index (χ4n) is 5.30. The highest BCUT2D eigenvalue weighted by atomic mass is 32.1. The first-order valence-corrected chi connectivity index (χ1v) is 15.4. The minimum Gasteiger partial charge on any atom is -0.507 e. The molecular formula is C33H31FN2O7S. The molecule has 2 aliphatic heterocycles. The summed E-state index contributed by atoms with van der Waals surface area (Å²) in [4.78, 5) is 33.3. The molecule has 3 aromatic carbocycles. The van der Waals surface area contributed by atoms with Gasteiger partial charge in [-0.25, -0.2) is 9.37 Å². The number of anilines is 1. The van der Waals surface area contributed by atoms with E-state index in [0.717, 1.165) is 30.6 Å². The summed E-state index contributed by atoms with van der Waals surface area (Å²) in [5.74, 6) is -0.663. The Morgan fingerprint density at radius 2 is 1.82 bits per heavy atom. The smallest absolute Gasteiger partial charge is 0.301 e. The zero-order chi connectivity index (χ0) is 30.8. The maximum atomic E-state index is 14.0. The molecular weight excluding hydrogens is 587 g/mol. The van der Waals surface area contributed by atoms with E-state index in [0.29, 0.717) is 65.2 Å². The van der Waals surface area contributed by atoms with Crippen LogP contribution in [0.2, 0.25) is 0 Å². The number of Topliss-reactive ketones (excluding diaryl/α,β-unsaturated/α-hetero) is 1. The zero-order valence-electron chi connectivity index (χ0n) is 24.3. The van der Waals surface area contributed by atoms with Crippen LogP contribution in [0, 0.1) is 5.82 Å². The van der Waals surface area contributed by atoms with Crippen molar-refractivity contribution in [2.45, 2.75) is 39.2 Å². The average Bonchev–Trinajstić information content (AvgIpc) is 3.56. The van der Waals surface area contributed by atoms with Crippen LogP contribution in [-0.2, 0) is 9.59 Å². The molecule has 1 aromatic heterocycles. The average molecular weight is 619 g/mol. The van der Waals surface area contributed by atoms with E-state index in [4.69, 9.17) is 18.9 Å². The Bertz CT molecular complexity index is 1770. The van der Waals surface area contributed by atoms with Crippen molar-refractivity contribution in [1.82, 2.24) is 4.98 Å². The van der Waals surface area contributed by atoms with E-state index in [-0.39, 0.29) is 22.0 Å². The van der Waals surface area contributed by atoms with Gasteiger partial charge in [0.2, 0.25) is 0 Å². The highest BCUT2D eigenvalue weighted by molar-refractivity contribution is 7.22. The highest BCUT2D eigenvalue weighted by Crippen LogP contribution is 2.46. The summed E-state index contributed by atoms with van der Waals surface area (Å²) >= 11 is 1.08. The van der Waals surface area contributed by atoms with Gasteiger partial charge in [-0.3, -0.25) is 14.5 Å². The van der Waals surface area contributed by atoms with Crippen LogP contribution in [-0.4, -0.2) is 48.2 Å². The summed E-state index contributed by atoms with van der Waals surface area (Å²) in [6.45, 7) is 5.57. The van der Waals surface area contributed by atoms with Gasteiger partial charge < -0.3 is 24.1 Å². The summed E-state index contributed by atoms with van der Waals surface area (Å²) in [6.07, 6.45) is 2.97. The lowest BCUT2D eigenvalue weighted by molar-refractivity contribution is -0.132. The number of hydrogen-bond donors (Lipinski definition) is 1. The number of nitrogens with zero attached hydrogens (tertiary/aromatic N) is 2. The molecule has 3 heterocycles. The summed E-state index contributed by atoms with van der Waals surface area (Å²) in [7, 11) is 0. The number of aliphatic hydroxyl groups excluding tert-OH is 1. The fourth-order valence-corrected chi connectivity index (χ4v) is 6.31. The van der Waals surface area contributed by atoms with E-state index >= 15 is 0 Å². The third-order valence-electron chi connectivity index (χ3n) is 7.39. The lowest BCUT2D eigenvalue weighted by atomic mass is 9.95. The molecule has 1 amide bonds. The van der Waals surface area contributed by atoms with Crippen molar-refractivity contribution in [2.75, 3.05) is 31.3 Å². The first-order chi connectivity index (χ1) is 21.4. The number of fused-ring (bicyclic) bond motifs is 2. The van der Waals surface area contributed by atoms with Crippen molar-refractivity contribution in [3.63, 3.8) is 0 Å². The third kappa shape index (κ3) is 5.55. The minimum atomic E-state index is -1.07. The molecule has 6 rings (SSSR count). The highest BCUT2D eigenvalue weighted by Gasteiger charge is 2.48. The van der Waals surface area contributed by atoms with Gasteiger partial charge in [0.15, 0.2) is 28.1 Å². The van der Waals surface area contributed by atoms with Crippen LogP contribution in [0.4, 0.5) is 9.52 Å². The molecule has 1 fully saturated rings. The van der Waals surface area contributed by atoms with Crippen molar-refractivity contribution < 1.29 is 38.0 Å². The van der Waals surface area contributed by atoms with Crippen molar-refractivity contribution in [3.8, 4) is 23.0 Å². The second-order valence-corrected chi connectivity index (χ2v) is 11.3. The Kier molecular flexibility index (Phi) is 8.38. The topological polar surface area (TPSA) is 107 Å². The molecule has 0 radical (unpaired) electrons. The zero-order valence-corrected chi connectivity index (χ0v) is 25.1. The molecule has 11 heteroatoms. The second-order valence-electron chi connectivity index (χ2n) is 10.3. The Balaban J connectivity index is 1.49. The Labute approximate surface area is 257 Å². The van der Waals surface area contributed by atoms with Crippen molar-refractivity contribution >= 4 is 44.1 Å². The number of aromatic nitrogens is 1. The van der Waals surface area contributed by atoms with Crippen LogP contribution in [0.5, 0.6) is 23.0 Å². The Morgan fingerprint density at radius 3 is 2.61 bits per heavy atom. The van der Waals surface area contributed by atoms with E-state index in [1.807, 2.05) is 6.92 Å². The van der Waals surface area contributed by atoms with Gasteiger partial charge >= 0.3 is 5.91 Å². The molecule has 0 saturated carbocycles. The van der Waals surface area contributed by atoms with Gasteiger partial charge in [-0.1, -0.05) is 37.2 Å². The standard InChI is InChI=1S/C33H31FN2O7S/c1-3-5-6-13-41-23-11-7-19(16-25(23)40-4-2)29-28(30(37)20-8-12-24-26(17-20)43-15-14-42-24)31(38)32(39)36(29)33-35-22-10-9-21(34)18-27(22)44-33/h7-12,16-18,29,37H,3-6,13-15H2,1-2H3. The van der Waals surface area contributed by atoms with Crippen LogP contribution < -0.4 is 23.8 Å². The number of carbonyl (C=O) groups is 2. The predicted octanol–water partition coefficient (Wildman–Crippen LogP) is 6.80. The fraction of sp³-hybridized carbons (Fsp3) is 0.303. The van der Waals surface area contributed by atoms with E-state index in [2.05, 4.69) is 11.9 Å². The lowest BCUT2D eigenvalue weighted by Gasteiger charge is -2.24. The molecule has 4 aromatic rings. The number of amides is 1. The molecule has 2 aliphatic rings. The molecule has 44 heavy (non-hydrogen) atoms. The molecule has 0 aliphatic carbocycles. The quantitative estimate of drug-likeness (QED) is 0.0895. The molecule has 1 unspecified atom stereocenters. The van der Waals surface area contributed by atoms with Crippen LogP contribution in [0.3, 0.4) is 0 Å². The molecule has 1 saturated heterocycles. The van der Waals surface area contributed by atoms with Gasteiger partial charge in [0, 0.05) is 5.56 Å². The molecule has 9 nitrogen and oxygen atoms in total. The van der Waals surface area contributed by atoms with Crippen LogP contribution in [0.1, 0.15) is 50.3 Å². The van der Waals surface area contributed by atoms with E-state index in [1.54, 1.807) is 36.4 Å². The number of rotatable bonds is 10. The van der Waals surface area contributed by atoms with Gasteiger partial charge in [0.25, 0.3) is 5.78 Å². The van der Waals surface area contributed by atoms with E-state index in [9.17, 15) is 19.1 Å². The predicted molar refractivity (Wildman–Crippen MR) is 164 cm³/mol. The lowest BCUT2D eigenvalue weighted by Crippen LogP contribution is -2.29. The SMILES string of the molecule is CCCCCOc1ccc(C2C(=C(O)c3ccc4c(c3)OCCO4)C(=O)C(=O)N2c2nc3ccc(F)cc3s2)cc1OCC. The van der Waals surface area contributed by atoms with Crippen molar-refractivity contribution in [2.24, 2.45) is 0 Å². The number of aliphatic hydroxyl groups is 1.